The van der Waals surface area contributed by atoms with Gasteiger partial charge in [-0.05, 0) is 30.9 Å². The van der Waals surface area contributed by atoms with Gasteiger partial charge in [0, 0.05) is 12.5 Å². The van der Waals surface area contributed by atoms with Gasteiger partial charge in [-0.25, -0.2) is 0 Å². The summed E-state index contributed by atoms with van der Waals surface area (Å²) in [6.07, 6.45) is 4.49. The van der Waals surface area contributed by atoms with Gasteiger partial charge in [0.2, 0.25) is 11.6 Å². The molecule has 0 spiro atoms. The Morgan fingerprint density at radius 2 is 2.05 bits per heavy atom. The normalized spacial score (nSPS) is 22.6. The molecule has 1 aliphatic rings. The molecular weight excluding hydrogens is 250 g/mol. The van der Waals surface area contributed by atoms with Gasteiger partial charge in [-0.3, -0.25) is 9.69 Å². The third kappa shape index (κ3) is 2.76. The van der Waals surface area contributed by atoms with Crippen LogP contribution in [-0.4, -0.2) is 21.6 Å². The summed E-state index contributed by atoms with van der Waals surface area (Å²) in [6, 6.07) is 9.41. The maximum Gasteiger partial charge on any atom is 0.250 e. The van der Waals surface area contributed by atoms with Crippen LogP contribution in [0.1, 0.15) is 38.3 Å². The molecule has 1 aromatic rings. The Labute approximate surface area is 119 Å². The van der Waals surface area contributed by atoms with E-state index < -0.39 is 5.72 Å². The van der Waals surface area contributed by atoms with Gasteiger partial charge in [-0.2, -0.15) is 0 Å². The van der Waals surface area contributed by atoms with E-state index in [0.717, 1.165) is 12.0 Å². The van der Waals surface area contributed by atoms with Gasteiger partial charge in [0.05, 0.1) is 6.04 Å². The van der Waals surface area contributed by atoms with Gasteiger partial charge < -0.3 is 5.11 Å². The van der Waals surface area contributed by atoms with Crippen molar-refractivity contribution in [1.29, 1.82) is 0 Å². The number of unbranched alkanes of at least 4 members (excludes halogenated alkanes) is 1. The molecule has 0 bridgehead atoms. The minimum absolute atomic E-state index is 0.213. The fraction of sp³-hybridized carbons (Fsp3) is 0.353. The Balaban J connectivity index is 2.29. The van der Waals surface area contributed by atoms with Crippen molar-refractivity contribution in [2.24, 2.45) is 0 Å². The second-order valence-corrected chi connectivity index (χ2v) is 4.91. The summed E-state index contributed by atoms with van der Waals surface area (Å²) in [5.41, 5.74) is -0.526. The molecule has 0 saturated heterocycles. The molecule has 2 atom stereocenters. The largest absolute Gasteiger partial charge is 0.357 e. The van der Waals surface area contributed by atoms with Crippen LogP contribution in [0.25, 0.3) is 0 Å². The van der Waals surface area contributed by atoms with Gasteiger partial charge in [0.25, 0.3) is 0 Å². The van der Waals surface area contributed by atoms with Crippen LogP contribution in [0.4, 0.5) is 0 Å². The maximum atomic E-state index is 12.0. The van der Waals surface area contributed by atoms with Crippen LogP contribution in [0.5, 0.6) is 0 Å². The molecule has 1 amide bonds. The van der Waals surface area contributed by atoms with Gasteiger partial charge in [-0.15, -0.1) is 0 Å². The van der Waals surface area contributed by atoms with E-state index in [-0.39, 0.29) is 11.9 Å². The zero-order chi connectivity index (χ0) is 14.6. The Kier molecular flexibility index (Phi) is 4.26. The average Bonchev–Trinajstić information content (AvgIpc) is 2.75. The Morgan fingerprint density at radius 1 is 1.35 bits per heavy atom. The second kappa shape index (κ2) is 5.94. The first-order valence-corrected chi connectivity index (χ1v) is 6.88. The number of benzene rings is 1. The summed E-state index contributed by atoms with van der Waals surface area (Å²) in [5, 5.41) is 10.6. The molecule has 1 aromatic carbocycles. The smallest absolute Gasteiger partial charge is 0.250 e. The number of nitrogens with zero attached hydrogens (tertiary/aromatic N) is 1. The predicted octanol–water partition coefficient (Wildman–Crippen LogP) is 2.64. The summed E-state index contributed by atoms with van der Waals surface area (Å²) in [6.45, 7) is 3.92. The third-order valence-corrected chi connectivity index (χ3v) is 3.38. The average molecular weight is 269 g/mol. The molecule has 3 nitrogen and oxygen atoms in total. The first-order valence-electron chi connectivity index (χ1n) is 6.88. The van der Waals surface area contributed by atoms with Crippen LogP contribution in [0, 0.1) is 11.8 Å². The molecule has 3 heteroatoms. The molecule has 1 N–H and O–H groups in total. The molecule has 0 fully saturated rings. The zero-order valence-corrected chi connectivity index (χ0v) is 11.8. The molecular formula is C17H19NO2. The number of carbonyl (C=O) groups is 1. The molecule has 2 rings (SSSR count). The van der Waals surface area contributed by atoms with Crippen molar-refractivity contribution in [3.05, 3.63) is 48.0 Å². The maximum absolute atomic E-state index is 12.0. The zero-order valence-electron chi connectivity index (χ0n) is 11.8. The number of amides is 1. The monoisotopic (exact) mass is 269 g/mol. The topological polar surface area (TPSA) is 40.5 Å². The highest BCUT2D eigenvalue weighted by Gasteiger charge is 2.41. The van der Waals surface area contributed by atoms with Gasteiger partial charge >= 0.3 is 0 Å². The van der Waals surface area contributed by atoms with Crippen molar-refractivity contribution in [3.8, 4) is 11.8 Å². The number of rotatable bonds is 3. The lowest BCUT2D eigenvalue weighted by Crippen LogP contribution is -2.46. The van der Waals surface area contributed by atoms with Gasteiger partial charge in [0.15, 0.2) is 0 Å². The summed E-state index contributed by atoms with van der Waals surface area (Å²) >= 11 is 0. The minimum atomic E-state index is -1.50. The summed E-state index contributed by atoms with van der Waals surface area (Å²) in [4.78, 5) is 13.5. The molecule has 20 heavy (non-hydrogen) atoms. The summed E-state index contributed by atoms with van der Waals surface area (Å²) in [7, 11) is 0. The van der Waals surface area contributed by atoms with Crippen LogP contribution in [-0.2, 0) is 4.79 Å². The highest BCUT2D eigenvalue weighted by Crippen LogP contribution is 2.31. The van der Waals surface area contributed by atoms with Crippen LogP contribution in [0.2, 0.25) is 0 Å². The van der Waals surface area contributed by atoms with Gasteiger partial charge in [0.1, 0.15) is 0 Å². The van der Waals surface area contributed by atoms with E-state index in [1.165, 1.54) is 17.1 Å². The molecule has 0 aliphatic carbocycles. The Bertz CT molecular complexity index is 568. The fourth-order valence-electron chi connectivity index (χ4n) is 2.30. The van der Waals surface area contributed by atoms with Crippen molar-refractivity contribution < 1.29 is 9.90 Å². The lowest BCUT2D eigenvalue weighted by atomic mass is 10.0. The van der Waals surface area contributed by atoms with E-state index in [1.807, 2.05) is 44.2 Å². The number of hydrogen-bond acceptors (Lipinski definition) is 2. The predicted molar refractivity (Wildman–Crippen MR) is 78.5 cm³/mol. The van der Waals surface area contributed by atoms with Crippen molar-refractivity contribution in [2.75, 3.05) is 0 Å². The standard InChI is InChI=1S/C17H19NO2/c1-3-4-8-12-17(20)13-11-16(19)18(17)14(2)15-9-6-5-7-10-15/h5-7,9-11,13-14,20H,3-4H2,1-2H3/t14-,17?/m0/s1. The van der Waals surface area contributed by atoms with Crippen LogP contribution >= 0.6 is 0 Å². The van der Waals surface area contributed by atoms with Crippen molar-refractivity contribution in [2.45, 2.75) is 38.5 Å². The summed E-state index contributed by atoms with van der Waals surface area (Å²) in [5.74, 6) is 5.53. The molecule has 0 aromatic heterocycles. The summed E-state index contributed by atoms with van der Waals surface area (Å²) < 4.78 is 0. The quantitative estimate of drug-likeness (QED) is 0.857. The first-order chi connectivity index (χ1) is 9.58. The second-order valence-electron chi connectivity index (χ2n) is 4.91. The van der Waals surface area contributed by atoms with Crippen LogP contribution < -0.4 is 0 Å². The molecule has 0 radical (unpaired) electrons. The molecule has 1 unspecified atom stereocenters. The first kappa shape index (κ1) is 14.4. The highest BCUT2D eigenvalue weighted by atomic mass is 16.3. The lowest BCUT2D eigenvalue weighted by molar-refractivity contribution is -0.139. The Morgan fingerprint density at radius 3 is 2.70 bits per heavy atom. The van der Waals surface area contributed by atoms with E-state index in [9.17, 15) is 9.90 Å². The molecule has 1 aliphatic heterocycles. The van der Waals surface area contributed by atoms with E-state index in [1.54, 1.807) is 0 Å². The highest BCUT2D eigenvalue weighted by molar-refractivity contribution is 5.92. The minimum Gasteiger partial charge on any atom is -0.357 e. The van der Waals surface area contributed by atoms with E-state index >= 15 is 0 Å². The van der Waals surface area contributed by atoms with Crippen molar-refractivity contribution >= 4 is 5.91 Å². The number of aliphatic hydroxyl groups is 1. The molecule has 104 valence electrons. The SMILES string of the molecule is CCCC#CC1(O)C=CC(=O)N1[C@@H](C)c1ccccc1. The van der Waals surface area contributed by atoms with E-state index in [2.05, 4.69) is 11.8 Å². The van der Waals surface area contributed by atoms with Crippen molar-refractivity contribution in [3.63, 3.8) is 0 Å². The molecule has 1 heterocycles. The van der Waals surface area contributed by atoms with Crippen LogP contribution in [0.15, 0.2) is 42.5 Å². The van der Waals surface area contributed by atoms with E-state index in [4.69, 9.17) is 0 Å². The lowest BCUT2D eigenvalue weighted by Gasteiger charge is -2.34. The molecule has 0 saturated carbocycles. The van der Waals surface area contributed by atoms with Crippen LogP contribution in [0.3, 0.4) is 0 Å². The fourth-order valence-corrected chi connectivity index (χ4v) is 2.30. The third-order valence-electron chi connectivity index (χ3n) is 3.38. The van der Waals surface area contributed by atoms with Gasteiger partial charge in [-0.1, -0.05) is 43.2 Å². The number of hydrogen-bond donors (Lipinski definition) is 1. The Hall–Kier alpha value is -2.05. The van der Waals surface area contributed by atoms with E-state index in [0.29, 0.717) is 6.42 Å². The number of carbonyl (C=O) groups excluding carboxylic acids is 1. The van der Waals surface area contributed by atoms with Crippen molar-refractivity contribution in [1.82, 2.24) is 4.90 Å².